The van der Waals surface area contributed by atoms with Gasteiger partial charge in [-0.3, -0.25) is 14.6 Å². The van der Waals surface area contributed by atoms with E-state index in [1.807, 2.05) is 11.9 Å². The Hall–Kier alpha value is -1.59. The van der Waals surface area contributed by atoms with E-state index in [-0.39, 0.29) is 6.04 Å². The SMILES string of the molecule is Cc1ccccc1N1CCC(N2CCN(C)[C@@H](C(=O)O)C2)CC1. The van der Waals surface area contributed by atoms with Crippen LogP contribution in [0.25, 0.3) is 0 Å². The molecule has 0 saturated carbocycles. The summed E-state index contributed by atoms with van der Waals surface area (Å²) in [6, 6.07) is 8.71. The van der Waals surface area contributed by atoms with Gasteiger partial charge in [0.15, 0.2) is 0 Å². The number of aryl methyl sites for hydroxylation is 1. The zero-order chi connectivity index (χ0) is 16.4. The monoisotopic (exact) mass is 317 g/mol. The molecule has 2 aliphatic rings. The second kappa shape index (κ2) is 6.89. The predicted molar refractivity (Wildman–Crippen MR) is 92.0 cm³/mol. The average molecular weight is 317 g/mol. The van der Waals surface area contributed by atoms with Crippen LogP contribution < -0.4 is 4.90 Å². The van der Waals surface area contributed by atoms with E-state index in [1.165, 1.54) is 11.3 Å². The molecule has 5 heteroatoms. The number of benzene rings is 1. The normalized spacial score (nSPS) is 24.8. The van der Waals surface area contributed by atoms with Gasteiger partial charge in [-0.2, -0.15) is 0 Å². The molecule has 0 bridgehead atoms. The van der Waals surface area contributed by atoms with Crippen molar-refractivity contribution < 1.29 is 9.90 Å². The molecule has 0 aromatic heterocycles. The Morgan fingerprint density at radius 1 is 1.13 bits per heavy atom. The lowest BCUT2D eigenvalue weighted by Crippen LogP contribution is -2.58. The quantitative estimate of drug-likeness (QED) is 0.919. The third kappa shape index (κ3) is 3.51. The van der Waals surface area contributed by atoms with Crippen molar-refractivity contribution in [2.24, 2.45) is 0 Å². The van der Waals surface area contributed by atoms with Gasteiger partial charge in [-0.05, 0) is 38.4 Å². The maximum atomic E-state index is 11.4. The fourth-order valence-corrected chi connectivity index (χ4v) is 3.88. The van der Waals surface area contributed by atoms with Crippen molar-refractivity contribution in [3.8, 4) is 0 Å². The van der Waals surface area contributed by atoms with Crippen LogP contribution in [0.4, 0.5) is 5.69 Å². The van der Waals surface area contributed by atoms with Crippen molar-refractivity contribution in [1.82, 2.24) is 9.80 Å². The van der Waals surface area contributed by atoms with E-state index in [1.54, 1.807) is 0 Å². The lowest BCUT2D eigenvalue weighted by molar-refractivity contribution is -0.145. The highest BCUT2D eigenvalue weighted by Gasteiger charge is 2.34. The Morgan fingerprint density at radius 2 is 1.83 bits per heavy atom. The van der Waals surface area contributed by atoms with Crippen LogP contribution in [0.2, 0.25) is 0 Å². The zero-order valence-corrected chi connectivity index (χ0v) is 14.1. The summed E-state index contributed by atoms with van der Waals surface area (Å²) in [5.41, 5.74) is 2.67. The lowest BCUT2D eigenvalue weighted by atomic mass is 9.99. The first-order chi connectivity index (χ1) is 11.1. The second-order valence-corrected chi connectivity index (χ2v) is 6.83. The summed E-state index contributed by atoms with van der Waals surface area (Å²) in [5.74, 6) is -0.699. The summed E-state index contributed by atoms with van der Waals surface area (Å²) in [5, 5.41) is 9.37. The van der Waals surface area contributed by atoms with Crippen molar-refractivity contribution >= 4 is 11.7 Å². The highest BCUT2D eigenvalue weighted by atomic mass is 16.4. The molecule has 2 aliphatic heterocycles. The molecule has 1 aromatic carbocycles. The fourth-order valence-electron chi connectivity index (χ4n) is 3.88. The van der Waals surface area contributed by atoms with E-state index in [9.17, 15) is 9.90 Å². The van der Waals surface area contributed by atoms with E-state index in [2.05, 4.69) is 41.0 Å². The summed E-state index contributed by atoms with van der Waals surface area (Å²) in [6.07, 6.45) is 2.23. The van der Waals surface area contributed by atoms with Gasteiger partial charge < -0.3 is 10.0 Å². The van der Waals surface area contributed by atoms with Gasteiger partial charge in [-0.15, -0.1) is 0 Å². The zero-order valence-electron chi connectivity index (χ0n) is 14.1. The van der Waals surface area contributed by atoms with Crippen LogP contribution in [-0.4, -0.2) is 72.7 Å². The first-order valence-electron chi connectivity index (χ1n) is 8.54. The Balaban J connectivity index is 1.59. The van der Waals surface area contributed by atoms with E-state index >= 15 is 0 Å². The molecule has 0 amide bonds. The maximum Gasteiger partial charge on any atom is 0.322 e. The summed E-state index contributed by atoms with van der Waals surface area (Å²) >= 11 is 0. The van der Waals surface area contributed by atoms with Gasteiger partial charge in [0, 0.05) is 44.5 Å². The number of likely N-dealkylation sites (N-methyl/N-ethyl adjacent to an activating group) is 1. The predicted octanol–water partition coefficient (Wildman–Crippen LogP) is 1.66. The molecule has 3 rings (SSSR count). The summed E-state index contributed by atoms with van der Waals surface area (Å²) < 4.78 is 0. The fraction of sp³-hybridized carbons (Fsp3) is 0.611. The number of para-hydroxylation sites is 1. The molecule has 23 heavy (non-hydrogen) atoms. The van der Waals surface area contributed by atoms with Crippen LogP contribution in [0.3, 0.4) is 0 Å². The van der Waals surface area contributed by atoms with Crippen molar-refractivity contribution in [2.45, 2.75) is 31.8 Å². The molecular formula is C18H27N3O2. The number of carboxylic acid groups (broad SMARTS) is 1. The molecule has 126 valence electrons. The average Bonchev–Trinajstić information content (AvgIpc) is 2.56. The lowest BCUT2D eigenvalue weighted by Gasteiger charge is -2.44. The minimum atomic E-state index is -0.699. The van der Waals surface area contributed by atoms with Crippen molar-refractivity contribution in [3.63, 3.8) is 0 Å². The van der Waals surface area contributed by atoms with Crippen molar-refractivity contribution in [2.75, 3.05) is 44.7 Å². The number of nitrogens with zero attached hydrogens (tertiary/aromatic N) is 3. The summed E-state index contributed by atoms with van der Waals surface area (Å²) in [7, 11) is 1.91. The standard InChI is InChI=1S/C18H27N3O2/c1-14-5-3-4-6-16(14)20-9-7-15(8-10-20)21-12-11-19(2)17(13-21)18(22)23/h3-6,15,17H,7-13H2,1-2H3,(H,22,23)/t17-/m1/s1. The number of aliphatic carboxylic acids is 1. The van der Waals surface area contributed by atoms with E-state index < -0.39 is 5.97 Å². The van der Waals surface area contributed by atoms with Crippen LogP contribution >= 0.6 is 0 Å². The van der Waals surface area contributed by atoms with Gasteiger partial charge >= 0.3 is 5.97 Å². The van der Waals surface area contributed by atoms with Crippen LogP contribution in [0.1, 0.15) is 18.4 Å². The van der Waals surface area contributed by atoms with E-state index in [0.717, 1.165) is 39.0 Å². The second-order valence-electron chi connectivity index (χ2n) is 6.83. The van der Waals surface area contributed by atoms with Gasteiger partial charge in [-0.25, -0.2) is 0 Å². The number of carbonyl (C=O) groups is 1. The molecule has 1 N–H and O–H groups in total. The largest absolute Gasteiger partial charge is 0.480 e. The molecule has 1 atom stereocenters. The van der Waals surface area contributed by atoms with Gasteiger partial charge in [0.25, 0.3) is 0 Å². The topological polar surface area (TPSA) is 47.0 Å². The van der Waals surface area contributed by atoms with Gasteiger partial charge in [0.2, 0.25) is 0 Å². The molecule has 5 nitrogen and oxygen atoms in total. The number of rotatable bonds is 3. The summed E-state index contributed by atoms with van der Waals surface area (Å²) in [6.45, 7) is 6.75. The highest BCUT2D eigenvalue weighted by molar-refractivity contribution is 5.73. The third-order valence-corrected chi connectivity index (χ3v) is 5.40. The number of carboxylic acids is 1. The number of piperazine rings is 1. The Kier molecular flexibility index (Phi) is 4.87. The Bertz CT molecular complexity index is 555. The minimum Gasteiger partial charge on any atom is -0.480 e. The molecule has 2 saturated heterocycles. The first kappa shape index (κ1) is 16.3. The Morgan fingerprint density at radius 3 is 2.48 bits per heavy atom. The molecule has 2 heterocycles. The van der Waals surface area contributed by atoms with Gasteiger partial charge in [0.05, 0.1) is 0 Å². The number of piperidine rings is 1. The minimum absolute atomic E-state index is 0.363. The van der Waals surface area contributed by atoms with Crippen LogP contribution in [0.5, 0.6) is 0 Å². The van der Waals surface area contributed by atoms with Gasteiger partial charge in [-0.1, -0.05) is 18.2 Å². The van der Waals surface area contributed by atoms with E-state index in [0.29, 0.717) is 12.6 Å². The smallest absolute Gasteiger partial charge is 0.322 e. The molecule has 0 spiro atoms. The van der Waals surface area contributed by atoms with Gasteiger partial charge in [0.1, 0.15) is 6.04 Å². The number of hydrogen-bond acceptors (Lipinski definition) is 4. The maximum absolute atomic E-state index is 11.4. The van der Waals surface area contributed by atoms with Crippen LogP contribution in [0, 0.1) is 6.92 Å². The molecular weight excluding hydrogens is 290 g/mol. The third-order valence-electron chi connectivity index (χ3n) is 5.40. The molecule has 2 fully saturated rings. The molecule has 1 aromatic rings. The number of anilines is 1. The van der Waals surface area contributed by atoms with Crippen LogP contribution in [-0.2, 0) is 4.79 Å². The first-order valence-corrected chi connectivity index (χ1v) is 8.54. The summed E-state index contributed by atoms with van der Waals surface area (Å²) in [4.78, 5) is 18.2. The molecule has 0 aliphatic carbocycles. The highest BCUT2D eigenvalue weighted by Crippen LogP contribution is 2.26. The Labute approximate surface area is 138 Å². The van der Waals surface area contributed by atoms with Crippen molar-refractivity contribution in [1.29, 1.82) is 0 Å². The van der Waals surface area contributed by atoms with Crippen molar-refractivity contribution in [3.05, 3.63) is 29.8 Å². The number of hydrogen-bond donors (Lipinski definition) is 1. The van der Waals surface area contributed by atoms with E-state index in [4.69, 9.17) is 0 Å². The van der Waals surface area contributed by atoms with Crippen LogP contribution in [0.15, 0.2) is 24.3 Å². The molecule has 0 radical (unpaired) electrons. The molecule has 0 unspecified atom stereocenters.